The molecule has 0 saturated heterocycles. The van der Waals surface area contributed by atoms with Gasteiger partial charge in [0.15, 0.2) is 9.84 Å². The van der Waals surface area contributed by atoms with Gasteiger partial charge in [-0.25, -0.2) is 13.2 Å². The zero-order valence-corrected chi connectivity index (χ0v) is 12.4. The molecule has 2 rings (SSSR count). The molecule has 0 aliphatic heterocycles. The number of fused-ring (bicyclic) bond motifs is 1. The molecule has 6 heteroatoms. The van der Waals surface area contributed by atoms with Crippen molar-refractivity contribution in [2.24, 2.45) is 0 Å². The summed E-state index contributed by atoms with van der Waals surface area (Å²) in [4.78, 5) is 11.1. The molecular weight excluding hydrogens is 278 g/mol. The Labute approximate surface area is 117 Å². The number of hydrogen-bond donors (Lipinski definition) is 1. The van der Waals surface area contributed by atoms with E-state index in [-0.39, 0.29) is 17.4 Å². The molecule has 20 heavy (non-hydrogen) atoms. The van der Waals surface area contributed by atoms with Gasteiger partial charge < -0.3 is 9.67 Å². The second kappa shape index (κ2) is 4.94. The zero-order valence-electron chi connectivity index (χ0n) is 11.6. The molecule has 0 saturated carbocycles. The van der Waals surface area contributed by atoms with E-state index in [4.69, 9.17) is 5.11 Å². The van der Waals surface area contributed by atoms with Crippen LogP contribution in [0.4, 0.5) is 0 Å². The maximum absolute atomic E-state index is 11.5. The van der Waals surface area contributed by atoms with E-state index in [1.165, 1.54) is 12.3 Å². The third-order valence-corrected chi connectivity index (χ3v) is 3.92. The number of hydrogen-bond acceptors (Lipinski definition) is 3. The quantitative estimate of drug-likeness (QED) is 0.940. The van der Waals surface area contributed by atoms with E-state index in [9.17, 15) is 13.2 Å². The molecule has 0 bridgehead atoms. The number of carbonyl (C=O) groups is 1. The van der Waals surface area contributed by atoms with Crippen LogP contribution in [0.15, 0.2) is 24.3 Å². The topological polar surface area (TPSA) is 76.4 Å². The Morgan fingerprint density at radius 2 is 1.95 bits per heavy atom. The van der Waals surface area contributed by atoms with Crippen LogP contribution in [0.1, 0.15) is 35.9 Å². The van der Waals surface area contributed by atoms with E-state index in [1.54, 1.807) is 12.1 Å². The highest BCUT2D eigenvalue weighted by atomic mass is 32.2. The first-order chi connectivity index (χ1) is 9.19. The minimum atomic E-state index is -3.14. The minimum absolute atomic E-state index is 0.0493. The maximum atomic E-state index is 11.5. The lowest BCUT2D eigenvalue weighted by atomic mass is 10.1. The van der Waals surface area contributed by atoms with Crippen LogP contribution in [0.5, 0.6) is 0 Å². The molecule has 1 aromatic carbocycles. The van der Waals surface area contributed by atoms with E-state index in [1.807, 2.05) is 24.5 Å². The summed E-state index contributed by atoms with van der Waals surface area (Å²) in [6.07, 6.45) is 1.19. The predicted molar refractivity (Wildman–Crippen MR) is 77.8 cm³/mol. The van der Waals surface area contributed by atoms with Crippen LogP contribution < -0.4 is 0 Å². The van der Waals surface area contributed by atoms with Crippen molar-refractivity contribution in [1.29, 1.82) is 0 Å². The molecule has 1 N–H and O–H groups in total. The van der Waals surface area contributed by atoms with E-state index >= 15 is 0 Å². The second-order valence-corrected chi connectivity index (χ2v) is 7.39. The minimum Gasteiger partial charge on any atom is -0.478 e. The first-order valence-electron chi connectivity index (χ1n) is 6.24. The average Bonchev–Trinajstić information content (AvgIpc) is 2.62. The average molecular weight is 295 g/mol. The van der Waals surface area contributed by atoms with Gasteiger partial charge >= 0.3 is 5.97 Å². The van der Waals surface area contributed by atoms with Gasteiger partial charge in [-0.1, -0.05) is 6.07 Å². The van der Waals surface area contributed by atoms with Gasteiger partial charge in [0.25, 0.3) is 0 Å². The summed E-state index contributed by atoms with van der Waals surface area (Å²) in [6.45, 7) is 3.89. The summed E-state index contributed by atoms with van der Waals surface area (Å²) < 4.78 is 24.9. The number of aromatic nitrogens is 1. The Bertz CT molecular complexity index is 772. The van der Waals surface area contributed by atoms with Crippen molar-refractivity contribution in [3.05, 3.63) is 35.5 Å². The number of benzene rings is 1. The first kappa shape index (κ1) is 14.6. The monoisotopic (exact) mass is 295 g/mol. The van der Waals surface area contributed by atoms with Crippen molar-refractivity contribution >= 4 is 26.7 Å². The Kier molecular flexibility index (Phi) is 3.60. The van der Waals surface area contributed by atoms with Gasteiger partial charge in [-0.2, -0.15) is 0 Å². The van der Waals surface area contributed by atoms with Crippen LogP contribution >= 0.6 is 0 Å². The van der Waals surface area contributed by atoms with E-state index in [2.05, 4.69) is 0 Å². The molecular formula is C14H17NO4S. The second-order valence-electron chi connectivity index (χ2n) is 5.25. The molecule has 0 aliphatic rings. The fourth-order valence-corrected chi connectivity index (χ4v) is 3.16. The number of nitrogens with zero attached hydrogens (tertiary/aromatic N) is 1. The Balaban J connectivity index is 2.71. The molecule has 0 radical (unpaired) electrons. The smallest absolute Gasteiger partial charge is 0.335 e. The molecule has 0 amide bonds. The summed E-state index contributed by atoms with van der Waals surface area (Å²) in [7, 11) is -3.14. The fourth-order valence-electron chi connectivity index (χ4n) is 2.40. The summed E-state index contributed by atoms with van der Waals surface area (Å²) in [5.41, 5.74) is 1.63. The molecule has 1 aromatic heterocycles. The van der Waals surface area contributed by atoms with Crippen molar-refractivity contribution in [2.45, 2.75) is 25.6 Å². The standard InChI is InChI=1S/C14H17NO4S/c1-9(2)15-12(8-20(3,18)19)6-10-4-5-11(14(16)17)7-13(10)15/h4-7,9H,8H2,1-3H3,(H,16,17). The summed E-state index contributed by atoms with van der Waals surface area (Å²) >= 11 is 0. The molecule has 108 valence electrons. The lowest BCUT2D eigenvalue weighted by Gasteiger charge is -2.14. The van der Waals surface area contributed by atoms with E-state index in [0.29, 0.717) is 5.69 Å². The number of carboxylic acids is 1. The van der Waals surface area contributed by atoms with Crippen LogP contribution in [0.2, 0.25) is 0 Å². The summed E-state index contributed by atoms with van der Waals surface area (Å²) in [5, 5.41) is 9.91. The van der Waals surface area contributed by atoms with Gasteiger partial charge in [0.1, 0.15) is 0 Å². The summed E-state index contributed by atoms with van der Waals surface area (Å²) in [6, 6.07) is 6.68. The van der Waals surface area contributed by atoms with Gasteiger partial charge in [-0.15, -0.1) is 0 Å². The summed E-state index contributed by atoms with van der Waals surface area (Å²) in [5.74, 6) is -1.05. The van der Waals surface area contributed by atoms with Crippen LogP contribution in [-0.4, -0.2) is 30.3 Å². The fraction of sp³-hybridized carbons (Fsp3) is 0.357. The predicted octanol–water partition coefficient (Wildman–Crippen LogP) is 2.46. The van der Waals surface area contributed by atoms with Crippen molar-refractivity contribution < 1.29 is 18.3 Å². The third kappa shape index (κ3) is 2.85. The molecule has 1 heterocycles. The van der Waals surface area contributed by atoms with Gasteiger partial charge in [-0.05, 0) is 37.4 Å². The van der Waals surface area contributed by atoms with E-state index in [0.717, 1.165) is 10.9 Å². The van der Waals surface area contributed by atoms with Gasteiger partial charge in [0.05, 0.1) is 11.3 Å². The highest BCUT2D eigenvalue weighted by Crippen LogP contribution is 2.26. The first-order valence-corrected chi connectivity index (χ1v) is 8.30. The molecule has 0 spiro atoms. The van der Waals surface area contributed by atoms with Crippen LogP contribution in [0.3, 0.4) is 0 Å². The lowest BCUT2D eigenvalue weighted by Crippen LogP contribution is -2.10. The molecule has 5 nitrogen and oxygen atoms in total. The highest BCUT2D eigenvalue weighted by molar-refractivity contribution is 7.89. The zero-order chi connectivity index (χ0) is 15.1. The number of sulfone groups is 1. The van der Waals surface area contributed by atoms with Crippen LogP contribution in [0, 0.1) is 0 Å². The van der Waals surface area contributed by atoms with Gasteiger partial charge in [0, 0.05) is 23.5 Å². The largest absolute Gasteiger partial charge is 0.478 e. The molecule has 0 fully saturated rings. The lowest BCUT2D eigenvalue weighted by molar-refractivity contribution is 0.0697. The maximum Gasteiger partial charge on any atom is 0.335 e. The molecule has 0 unspecified atom stereocenters. The van der Waals surface area contributed by atoms with Crippen molar-refractivity contribution in [3.63, 3.8) is 0 Å². The van der Waals surface area contributed by atoms with Crippen molar-refractivity contribution in [2.75, 3.05) is 6.26 Å². The number of rotatable bonds is 4. The van der Waals surface area contributed by atoms with Crippen LogP contribution in [0.25, 0.3) is 10.9 Å². The SMILES string of the molecule is CC(C)n1c(CS(C)(=O)=O)cc2ccc(C(=O)O)cc21. The van der Waals surface area contributed by atoms with Crippen molar-refractivity contribution in [3.8, 4) is 0 Å². The third-order valence-electron chi connectivity index (χ3n) is 3.09. The molecule has 0 aliphatic carbocycles. The van der Waals surface area contributed by atoms with Gasteiger partial charge in [-0.3, -0.25) is 0 Å². The normalized spacial score (nSPS) is 12.2. The van der Waals surface area contributed by atoms with Crippen LogP contribution in [-0.2, 0) is 15.6 Å². The van der Waals surface area contributed by atoms with E-state index < -0.39 is 15.8 Å². The molecule has 2 aromatic rings. The number of carboxylic acid groups (broad SMARTS) is 1. The number of aromatic carboxylic acids is 1. The molecule has 0 atom stereocenters. The Morgan fingerprint density at radius 1 is 1.30 bits per heavy atom. The Morgan fingerprint density at radius 3 is 2.45 bits per heavy atom. The highest BCUT2D eigenvalue weighted by Gasteiger charge is 2.16. The van der Waals surface area contributed by atoms with Crippen molar-refractivity contribution in [1.82, 2.24) is 4.57 Å². The Hall–Kier alpha value is -1.82. The van der Waals surface area contributed by atoms with Gasteiger partial charge in [0.2, 0.25) is 0 Å².